The molecule has 0 radical (unpaired) electrons. The maximum Gasteiger partial charge on any atom is 0.274 e. The van der Waals surface area contributed by atoms with Gasteiger partial charge in [0.2, 0.25) is 15.9 Å². The van der Waals surface area contributed by atoms with Crippen molar-refractivity contribution in [3.8, 4) is 0 Å². The van der Waals surface area contributed by atoms with Gasteiger partial charge in [-0.2, -0.15) is 4.31 Å². The average molecular weight is 460 g/mol. The Bertz CT molecular complexity index is 1080. The van der Waals surface area contributed by atoms with E-state index in [2.05, 4.69) is 26.1 Å². The van der Waals surface area contributed by atoms with E-state index in [1.54, 1.807) is 30.3 Å². The Balaban J connectivity index is 1.58. The van der Waals surface area contributed by atoms with Crippen LogP contribution in [0.15, 0.2) is 53.4 Å². The second-order valence-corrected chi connectivity index (χ2v) is 11.0. The van der Waals surface area contributed by atoms with Gasteiger partial charge in [-0.05, 0) is 36.0 Å². The van der Waals surface area contributed by atoms with Gasteiger partial charge in [0.05, 0.1) is 9.82 Å². The summed E-state index contributed by atoms with van der Waals surface area (Å²) in [5.41, 5.74) is 1.40. The molecule has 0 aliphatic carbocycles. The summed E-state index contributed by atoms with van der Waals surface area (Å²) in [6.07, 6.45) is 0.810. The minimum absolute atomic E-state index is 0.0359. The lowest BCUT2D eigenvalue weighted by Gasteiger charge is -2.30. The SMILES string of the molecule is CC(C)(C)c1ccc(S(=O)(=O)N2CCC(C(=O)NCc3ccccc3[N+](=O)[O-])CC2)cc1. The molecule has 2 aromatic rings. The van der Waals surface area contributed by atoms with Crippen LogP contribution in [0, 0.1) is 16.0 Å². The fourth-order valence-corrected chi connectivity index (χ4v) is 5.27. The van der Waals surface area contributed by atoms with E-state index in [9.17, 15) is 23.3 Å². The summed E-state index contributed by atoms with van der Waals surface area (Å²) < 4.78 is 27.4. The summed E-state index contributed by atoms with van der Waals surface area (Å²) in [7, 11) is -3.62. The van der Waals surface area contributed by atoms with Crippen LogP contribution >= 0.6 is 0 Å². The lowest BCUT2D eigenvalue weighted by atomic mass is 9.87. The number of benzene rings is 2. The quantitative estimate of drug-likeness (QED) is 0.524. The molecular formula is C23H29N3O5S. The van der Waals surface area contributed by atoms with Crippen LogP contribution in [0.2, 0.25) is 0 Å². The Morgan fingerprint density at radius 2 is 1.69 bits per heavy atom. The number of para-hydroxylation sites is 1. The van der Waals surface area contributed by atoms with Crippen molar-refractivity contribution in [2.24, 2.45) is 5.92 Å². The van der Waals surface area contributed by atoms with E-state index in [-0.39, 0.29) is 47.5 Å². The van der Waals surface area contributed by atoms with Crippen LogP contribution in [0.4, 0.5) is 5.69 Å². The standard InChI is InChI=1S/C23H29N3O5S/c1-23(2,3)19-8-10-20(11-9-19)32(30,31)25-14-12-17(13-15-25)22(27)24-16-18-6-4-5-7-21(18)26(28)29/h4-11,17H,12-16H2,1-3H3,(H,24,27). The molecular weight excluding hydrogens is 430 g/mol. The molecule has 0 spiro atoms. The van der Waals surface area contributed by atoms with Crippen LogP contribution in [0.3, 0.4) is 0 Å². The molecule has 0 saturated carbocycles. The zero-order valence-electron chi connectivity index (χ0n) is 18.6. The molecule has 0 unspecified atom stereocenters. The Morgan fingerprint density at radius 1 is 1.09 bits per heavy atom. The maximum atomic E-state index is 13.0. The highest BCUT2D eigenvalue weighted by molar-refractivity contribution is 7.89. The van der Waals surface area contributed by atoms with Gasteiger partial charge in [0.1, 0.15) is 0 Å². The fourth-order valence-electron chi connectivity index (χ4n) is 3.80. The van der Waals surface area contributed by atoms with Gasteiger partial charge in [0.15, 0.2) is 0 Å². The van der Waals surface area contributed by atoms with Gasteiger partial charge in [0, 0.05) is 37.2 Å². The van der Waals surface area contributed by atoms with Crippen molar-refractivity contribution in [1.29, 1.82) is 0 Å². The third-order valence-corrected chi connectivity index (χ3v) is 7.74. The fraction of sp³-hybridized carbons (Fsp3) is 0.435. The number of nitro groups is 1. The number of amides is 1. The zero-order chi connectivity index (χ0) is 23.5. The molecule has 9 heteroatoms. The van der Waals surface area contributed by atoms with E-state index in [4.69, 9.17) is 0 Å². The summed E-state index contributed by atoms with van der Waals surface area (Å²) in [6, 6.07) is 13.2. The third kappa shape index (κ3) is 5.34. The van der Waals surface area contributed by atoms with Crippen LogP contribution in [0.5, 0.6) is 0 Å². The van der Waals surface area contributed by atoms with Gasteiger partial charge in [-0.3, -0.25) is 14.9 Å². The van der Waals surface area contributed by atoms with Gasteiger partial charge in [-0.25, -0.2) is 8.42 Å². The summed E-state index contributed by atoms with van der Waals surface area (Å²) >= 11 is 0. The summed E-state index contributed by atoms with van der Waals surface area (Å²) in [5, 5.41) is 13.9. The van der Waals surface area contributed by atoms with Crippen molar-refractivity contribution in [3.05, 3.63) is 69.8 Å². The molecule has 1 aliphatic rings. The Morgan fingerprint density at radius 3 is 2.25 bits per heavy atom. The van der Waals surface area contributed by atoms with Gasteiger partial charge in [0.25, 0.3) is 5.69 Å². The molecule has 172 valence electrons. The highest BCUT2D eigenvalue weighted by Crippen LogP contribution is 2.27. The minimum atomic E-state index is -3.62. The second kappa shape index (κ2) is 9.38. The number of nitro benzene ring substituents is 1. The first kappa shape index (κ1) is 23.9. The van der Waals surface area contributed by atoms with Crippen molar-refractivity contribution in [2.45, 2.75) is 50.5 Å². The van der Waals surface area contributed by atoms with Gasteiger partial charge in [-0.15, -0.1) is 0 Å². The smallest absolute Gasteiger partial charge is 0.274 e. The lowest BCUT2D eigenvalue weighted by molar-refractivity contribution is -0.385. The van der Waals surface area contributed by atoms with Gasteiger partial charge < -0.3 is 5.32 Å². The normalized spacial score (nSPS) is 16.0. The van der Waals surface area contributed by atoms with E-state index in [0.29, 0.717) is 18.4 Å². The molecule has 1 amide bonds. The summed E-state index contributed by atoms with van der Waals surface area (Å²) in [4.78, 5) is 23.5. The van der Waals surface area contributed by atoms with E-state index in [1.165, 1.54) is 10.4 Å². The summed E-state index contributed by atoms with van der Waals surface area (Å²) in [6.45, 7) is 6.79. The monoisotopic (exact) mass is 459 g/mol. The van der Waals surface area contributed by atoms with E-state index in [1.807, 2.05) is 12.1 Å². The number of sulfonamides is 1. The van der Waals surface area contributed by atoms with Crippen LogP contribution in [0.25, 0.3) is 0 Å². The van der Waals surface area contributed by atoms with Crippen molar-refractivity contribution < 1.29 is 18.1 Å². The predicted octanol–water partition coefficient (Wildman–Crippen LogP) is 3.61. The molecule has 1 aliphatic heterocycles. The predicted molar refractivity (Wildman–Crippen MR) is 122 cm³/mol. The number of carbonyl (C=O) groups excluding carboxylic acids is 1. The maximum absolute atomic E-state index is 13.0. The number of piperidine rings is 1. The molecule has 0 atom stereocenters. The van der Waals surface area contributed by atoms with E-state index in [0.717, 1.165) is 5.56 Å². The average Bonchev–Trinajstić information content (AvgIpc) is 2.77. The molecule has 2 aromatic carbocycles. The Hall–Kier alpha value is -2.78. The number of hydrogen-bond donors (Lipinski definition) is 1. The first-order valence-electron chi connectivity index (χ1n) is 10.6. The Labute approximate surface area is 188 Å². The van der Waals surface area contributed by atoms with Crippen molar-refractivity contribution in [2.75, 3.05) is 13.1 Å². The highest BCUT2D eigenvalue weighted by Gasteiger charge is 2.32. The van der Waals surface area contributed by atoms with Crippen LogP contribution in [-0.4, -0.2) is 36.6 Å². The molecule has 1 N–H and O–H groups in total. The minimum Gasteiger partial charge on any atom is -0.352 e. The third-order valence-electron chi connectivity index (χ3n) is 5.82. The highest BCUT2D eigenvalue weighted by atomic mass is 32.2. The van der Waals surface area contributed by atoms with E-state index >= 15 is 0 Å². The zero-order valence-corrected chi connectivity index (χ0v) is 19.4. The van der Waals surface area contributed by atoms with Crippen LogP contribution < -0.4 is 5.32 Å². The van der Waals surface area contributed by atoms with Crippen LogP contribution in [0.1, 0.15) is 44.7 Å². The molecule has 1 saturated heterocycles. The molecule has 8 nitrogen and oxygen atoms in total. The van der Waals surface area contributed by atoms with Crippen molar-refractivity contribution >= 4 is 21.6 Å². The molecule has 3 rings (SSSR count). The number of hydrogen-bond acceptors (Lipinski definition) is 5. The van der Waals surface area contributed by atoms with Crippen molar-refractivity contribution in [1.82, 2.24) is 9.62 Å². The molecule has 0 aromatic heterocycles. The molecule has 1 heterocycles. The molecule has 1 fully saturated rings. The largest absolute Gasteiger partial charge is 0.352 e. The van der Waals surface area contributed by atoms with Gasteiger partial charge in [-0.1, -0.05) is 51.1 Å². The number of rotatable bonds is 6. The topological polar surface area (TPSA) is 110 Å². The van der Waals surface area contributed by atoms with E-state index < -0.39 is 14.9 Å². The van der Waals surface area contributed by atoms with Crippen LogP contribution in [-0.2, 0) is 26.8 Å². The molecule has 32 heavy (non-hydrogen) atoms. The first-order chi connectivity index (χ1) is 15.0. The Kier molecular flexibility index (Phi) is 7.00. The van der Waals surface area contributed by atoms with Crippen molar-refractivity contribution in [3.63, 3.8) is 0 Å². The number of nitrogens with one attached hydrogen (secondary N) is 1. The molecule has 0 bridgehead atoms. The number of nitrogens with zero attached hydrogens (tertiary/aromatic N) is 2. The number of carbonyl (C=O) groups is 1. The second-order valence-electron chi connectivity index (χ2n) is 9.06. The van der Waals surface area contributed by atoms with Gasteiger partial charge >= 0.3 is 0 Å². The first-order valence-corrected chi connectivity index (χ1v) is 12.0. The lowest BCUT2D eigenvalue weighted by Crippen LogP contribution is -2.42. The summed E-state index contributed by atoms with van der Waals surface area (Å²) in [5.74, 6) is -0.540.